The smallest absolute Gasteiger partial charge is 0.234 e. The molecule has 3 nitrogen and oxygen atoms in total. The molecule has 2 N–H and O–H groups in total. The number of nitrogens with one attached hydrogen (secondary N) is 2. The normalized spacial score (nSPS) is 13.8. The van der Waals surface area contributed by atoms with Crippen molar-refractivity contribution in [3.05, 3.63) is 33.8 Å². The number of aryl methyl sites for hydroxylation is 1. The van der Waals surface area contributed by atoms with Crippen LogP contribution in [0.2, 0.25) is 0 Å². The zero-order valence-corrected chi connectivity index (χ0v) is 13.4. The Morgan fingerprint density at radius 2 is 2.16 bits per heavy atom. The van der Waals surface area contributed by atoms with E-state index in [0.29, 0.717) is 13.1 Å². The van der Waals surface area contributed by atoms with Gasteiger partial charge in [0.25, 0.3) is 0 Å². The third-order valence-corrected chi connectivity index (χ3v) is 3.69. The number of hydrogen-bond acceptors (Lipinski definition) is 2. The van der Waals surface area contributed by atoms with Crippen LogP contribution in [0.3, 0.4) is 0 Å². The second-order valence-corrected chi connectivity index (χ2v) is 5.84. The molecule has 1 aromatic carbocycles. The lowest BCUT2D eigenvalue weighted by atomic mass is 10.1. The van der Waals surface area contributed by atoms with E-state index in [2.05, 4.69) is 39.6 Å². The molecule has 106 valence electrons. The van der Waals surface area contributed by atoms with Crippen molar-refractivity contribution in [3.8, 4) is 0 Å². The largest absolute Gasteiger partial charge is 0.351 e. The molecular formula is C14H20BrClN2O. The summed E-state index contributed by atoms with van der Waals surface area (Å²) in [5.74, 6) is 0.879. The standard InChI is InChI=1S/C14H19BrN2O.ClH/c1-10-6-13(15)5-4-12(10)8-17-14(18)9-16-7-11-2-3-11;/h4-6,11,16H,2-3,7-9H2,1H3,(H,17,18);1H. The summed E-state index contributed by atoms with van der Waals surface area (Å²) in [6, 6.07) is 6.10. The first-order valence-corrected chi connectivity index (χ1v) is 7.17. The molecule has 0 aliphatic heterocycles. The number of benzene rings is 1. The lowest BCUT2D eigenvalue weighted by Crippen LogP contribution is -2.34. The predicted molar refractivity (Wildman–Crippen MR) is 83.6 cm³/mol. The quantitative estimate of drug-likeness (QED) is 0.831. The van der Waals surface area contributed by atoms with E-state index in [-0.39, 0.29) is 18.3 Å². The summed E-state index contributed by atoms with van der Waals surface area (Å²) < 4.78 is 1.07. The average molecular weight is 348 g/mol. The average Bonchev–Trinajstić information content (AvgIpc) is 3.12. The second-order valence-electron chi connectivity index (χ2n) is 4.92. The van der Waals surface area contributed by atoms with Crippen LogP contribution >= 0.6 is 28.3 Å². The van der Waals surface area contributed by atoms with Gasteiger partial charge in [-0.05, 0) is 55.5 Å². The lowest BCUT2D eigenvalue weighted by molar-refractivity contribution is -0.120. The van der Waals surface area contributed by atoms with Gasteiger partial charge in [-0.2, -0.15) is 0 Å². The molecule has 1 fully saturated rings. The summed E-state index contributed by atoms with van der Waals surface area (Å²) in [7, 11) is 0. The van der Waals surface area contributed by atoms with Crippen LogP contribution < -0.4 is 10.6 Å². The van der Waals surface area contributed by atoms with Gasteiger partial charge in [-0.25, -0.2) is 0 Å². The Hall–Kier alpha value is -0.580. The maximum atomic E-state index is 11.6. The Bertz CT molecular complexity index is 435. The third-order valence-electron chi connectivity index (χ3n) is 3.20. The minimum Gasteiger partial charge on any atom is -0.351 e. The van der Waals surface area contributed by atoms with Gasteiger partial charge in [0, 0.05) is 11.0 Å². The molecule has 1 aromatic rings. The zero-order valence-electron chi connectivity index (χ0n) is 11.0. The maximum Gasteiger partial charge on any atom is 0.234 e. The lowest BCUT2D eigenvalue weighted by Gasteiger charge is -2.09. The Morgan fingerprint density at radius 3 is 2.79 bits per heavy atom. The highest BCUT2D eigenvalue weighted by atomic mass is 79.9. The summed E-state index contributed by atoms with van der Waals surface area (Å²) in [6.07, 6.45) is 2.62. The van der Waals surface area contributed by atoms with Gasteiger partial charge in [0.2, 0.25) is 5.91 Å². The van der Waals surface area contributed by atoms with Crippen LogP contribution in [0.15, 0.2) is 22.7 Å². The molecule has 0 bridgehead atoms. The topological polar surface area (TPSA) is 41.1 Å². The Labute approximate surface area is 129 Å². The molecule has 1 amide bonds. The number of carbonyl (C=O) groups excluding carboxylic acids is 1. The Morgan fingerprint density at radius 1 is 1.42 bits per heavy atom. The van der Waals surface area contributed by atoms with E-state index in [1.807, 2.05) is 12.1 Å². The summed E-state index contributed by atoms with van der Waals surface area (Å²) in [6.45, 7) is 4.05. The summed E-state index contributed by atoms with van der Waals surface area (Å²) in [5, 5.41) is 6.12. The van der Waals surface area contributed by atoms with E-state index in [9.17, 15) is 4.79 Å². The molecule has 0 heterocycles. The van der Waals surface area contributed by atoms with Crippen molar-refractivity contribution in [1.82, 2.24) is 10.6 Å². The van der Waals surface area contributed by atoms with Crippen LogP contribution in [0.25, 0.3) is 0 Å². The third kappa shape index (κ3) is 5.93. The van der Waals surface area contributed by atoms with E-state index in [1.165, 1.54) is 18.4 Å². The molecule has 0 radical (unpaired) electrons. The van der Waals surface area contributed by atoms with Crippen LogP contribution in [-0.4, -0.2) is 19.0 Å². The van der Waals surface area contributed by atoms with Gasteiger partial charge in [0.05, 0.1) is 6.54 Å². The fraction of sp³-hybridized carbons (Fsp3) is 0.500. The Balaban J connectivity index is 0.00000180. The highest BCUT2D eigenvalue weighted by Crippen LogP contribution is 2.27. The molecule has 0 unspecified atom stereocenters. The molecule has 0 aromatic heterocycles. The summed E-state index contributed by atoms with van der Waals surface area (Å²) >= 11 is 3.43. The van der Waals surface area contributed by atoms with Gasteiger partial charge in [-0.1, -0.05) is 22.0 Å². The van der Waals surface area contributed by atoms with Gasteiger partial charge < -0.3 is 10.6 Å². The van der Waals surface area contributed by atoms with Crippen LogP contribution in [0.1, 0.15) is 24.0 Å². The van der Waals surface area contributed by atoms with Gasteiger partial charge in [0.15, 0.2) is 0 Å². The molecule has 1 saturated carbocycles. The molecule has 0 saturated heterocycles. The molecule has 0 atom stereocenters. The van der Waals surface area contributed by atoms with Crippen molar-refractivity contribution >= 4 is 34.2 Å². The van der Waals surface area contributed by atoms with Crippen LogP contribution in [0.4, 0.5) is 0 Å². The van der Waals surface area contributed by atoms with Crippen LogP contribution in [0, 0.1) is 12.8 Å². The van der Waals surface area contributed by atoms with Crippen molar-refractivity contribution in [3.63, 3.8) is 0 Å². The van der Waals surface area contributed by atoms with E-state index in [4.69, 9.17) is 0 Å². The molecule has 1 aliphatic rings. The monoisotopic (exact) mass is 346 g/mol. The fourth-order valence-electron chi connectivity index (χ4n) is 1.83. The van der Waals surface area contributed by atoms with Crippen molar-refractivity contribution in [1.29, 1.82) is 0 Å². The number of rotatable bonds is 6. The molecule has 2 rings (SSSR count). The SMILES string of the molecule is Cc1cc(Br)ccc1CNC(=O)CNCC1CC1.Cl. The Kier molecular flexibility index (Phi) is 6.83. The van der Waals surface area contributed by atoms with Gasteiger partial charge >= 0.3 is 0 Å². The van der Waals surface area contributed by atoms with E-state index < -0.39 is 0 Å². The van der Waals surface area contributed by atoms with Crippen molar-refractivity contribution in [2.24, 2.45) is 5.92 Å². The van der Waals surface area contributed by atoms with E-state index >= 15 is 0 Å². The van der Waals surface area contributed by atoms with Gasteiger partial charge in [-0.15, -0.1) is 12.4 Å². The molecule has 19 heavy (non-hydrogen) atoms. The van der Waals surface area contributed by atoms with Crippen molar-refractivity contribution in [2.75, 3.05) is 13.1 Å². The zero-order chi connectivity index (χ0) is 13.0. The van der Waals surface area contributed by atoms with Crippen LogP contribution in [0.5, 0.6) is 0 Å². The first-order chi connectivity index (χ1) is 8.65. The minimum atomic E-state index is 0. The van der Waals surface area contributed by atoms with Crippen molar-refractivity contribution in [2.45, 2.75) is 26.3 Å². The molecule has 5 heteroatoms. The molecule has 0 spiro atoms. The fourth-order valence-corrected chi connectivity index (χ4v) is 2.30. The second kappa shape index (κ2) is 7.88. The number of hydrogen-bond donors (Lipinski definition) is 2. The highest BCUT2D eigenvalue weighted by Gasteiger charge is 2.20. The maximum absolute atomic E-state index is 11.6. The number of carbonyl (C=O) groups is 1. The molecule has 1 aliphatic carbocycles. The van der Waals surface area contributed by atoms with Crippen LogP contribution in [-0.2, 0) is 11.3 Å². The summed E-state index contributed by atoms with van der Waals surface area (Å²) in [5.41, 5.74) is 2.35. The van der Waals surface area contributed by atoms with Gasteiger partial charge in [-0.3, -0.25) is 4.79 Å². The highest BCUT2D eigenvalue weighted by molar-refractivity contribution is 9.10. The van der Waals surface area contributed by atoms with E-state index in [0.717, 1.165) is 22.5 Å². The summed E-state index contributed by atoms with van der Waals surface area (Å²) in [4.78, 5) is 11.6. The predicted octanol–water partition coefficient (Wildman–Crippen LogP) is 2.80. The number of amides is 1. The van der Waals surface area contributed by atoms with E-state index in [1.54, 1.807) is 0 Å². The number of halogens is 2. The van der Waals surface area contributed by atoms with Crippen molar-refractivity contribution < 1.29 is 4.79 Å². The minimum absolute atomic E-state index is 0. The first kappa shape index (κ1) is 16.5. The molecular weight excluding hydrogens is 328 g/mol. The van der Waals surface area contributed by atoms with Gasteiger partial charge in [0.1, 0.15) is 0 Å². The first-order valence-electron chi connectivity index (χ1n) is 6.37.